The minimum atomic E-state index is -0.238. The van der Waals surface area contributed by atoms with Gasteiger partial charge in [0.15, 0.2) is 0 Å². The molecule has 1 rings (SSSR count). The molecule has 76 valence electrons. The summed E-state index contributed by atoms with van der Waals surface area (Å²) in [7, 11) is 1.92. The van der Waals surface area contributed by atoms with Gasteiger partial charge in [0.05, 0.1) is 12.6 Å². The van der Waals surface area contributed by atoms with E-state index in [1.54, 1.807) is 0 Å². The van der Waals surface area contributed by atoms with Crippen molar-refractivity contribution in [2.24, 2.45) is 5.73 Å². The van der Waals surface area contributed by atoms with Gasteiger partial charge in [-0.1, -0.05) is 12.8 Å². The van der Waals surface area contributed by atoms with Gasteiger partial charge in [-0.25, -0.2) is 0 Å². The Morgan fingerprint density at radius 2 is 2.15 bits per heavy atom. The maximum atomic E-state index is 9.70. The Morgan fingerprint density at radius 1 is 1.54 bits per heavy atom. The number of aliphatic hydroxyl groups excluding tert-OH is 1. The molecule has 0 aliphatic heterocycles. The molecular weight excluding hydrogens is 166 g/mol. The largest absolute Gasteiger partial charge is 0.391 e. The first-order valence-corrected chi connectivity index (χ1v) is 4.82. The first-order valence-electron chi connectivity index (χ1n) is 4.82. The predicted molar refractivity (Wildman–Crippen MR) is 52.8 cm³/mol. The molecule has 4 nitrogen and oxygen atoms in total. The third kappa shape index (κ3) is 2.97. The van der Waals surface area contributed by atoms with Crippen molar-refractivity contribution in [1.29, 1.82) is 5.41 Å². The number of aliphatic hydroxyl groups is 1. The van der Waals surface area contributed by atoms with Crippen LogP contribution in [0.5, 0.6) is 0 Å². The molecule has 0 spiro atoms. The number of rotatable bonds is 3. The van der Waals surface area contributed by atoms with Crippen LogP contribution in [-0.4, -0.2) is 41.6 Å². The Bertz CT molecular complexity index is 184. The minimum absolute atomic E-state index is 0.167. The second-order valence-corrected chi connectivity index (χ2v) is 3.86. The molecular formula is C9H19N3O. The van der Waals surface area contributed by atoms with Crippen LogP contribution in [0.15, 0.2) is 0 Å². The van der Waals surface area contributed by atoms with E-state index < -0.39 is 0 Å². The van der Waals surface area contributed by atoms with Crippen LogP contribution in [0, 0.1) is 5.41 Å². The summed E-state index contributed by atoms with van der Waals surface area (Å²) in [5, 5.41) is 16.9. The number of hydrogen-bond donors (Lipinski definition) is 3. The van der Waals surface area contributed by atoms with Gasteiger partial charge in [0, 0.05) is 6.04 Å². The summed E-state index contributed by atoms with van der Waals surface area (Å²) in [5.74, 6) is 0.167. The summed E-state index contributed by atoms with van der Waals surface area (Å²) in [4.78, 5) is 1.98. The summed E-state index contributed by atoms with van der Waals surface area (Å²) >= 11 is 0. The van der Waals surface area contributed by atoms with Gasteiger partial charge < -0.3 is 10.8 Å². The zero-order valence-corrected chi connectivity index (χ0v) is 8.16. The molecule has 4 N–H and O–H groups in total. The van der Waals surface area contributed by atoms with Crippen molar-refractivity contribution in [3.8, 4) is 0 Å². The average Bonchev–Trinajstić information content (AvgIpc) is 2.03. The molecule has 0 aromatic heterocycles. The van der Waals surface area contributed by atoms with Gasteiger partial charge in [-0.15, -0.1) is 0 Å². The number of nitrogens with two attached hydrogens (primary N) is 1. The molecule has 2 atom stereocenters. The van der Waals surface area contributed by atoms with Gasteiger partial charge >= 0.3 is 0 Å². The molecule has 4 heteroatoms. The molecule has 13 heavy (non-hydrogen) atoms. The van der Waals surface area contributed by atoms with Crippen LogP contribution >= 0.6 is 0 Å². The van der Waals surface area contributed by atoms with Gasteiger partial charge in [0.1, 0.15) is 5.84 Å². The van der Waals surface area contributed by atoms with Gasteiger partial charge in [-0.05, 0) is 19.9 Å². The molecule has 0 aromatic carbocycles. The Kier molecular flexibility index (Phi) is 3.69. The first-order chi connectivity index (χ1) is 6.11. The highest BCUT2D eigenvalue weighted by Gasteiger charge is 2.26. The van der Waals surface area contributed by atoms with E-state index in [0.717, 1.165) is 19.3 Å². The van der Waals surface area contributed by atoms with Crippen molar-refractivity contribution < 1.29 is 5.11 Å². The van der Waals surface area contributed by atoms with Crippen LogP contribution in [0.4, 0.5) is 0 Å². The summed E-state index contributed by atoms with van der Waals surface area (Å²) in [6.07, 6.45) is 3.95. The molecule has 0 radical (unpaired) electrons. The van der Waals surface area contributed by atoms with Crippen molar-refractivity contribution >= 4 is 5.84 Å². The highest BCUT2D eigenvalue weighted by molar-refractivity contribution is 5.78. The van der Waals surface area contributed by atoms with Crippen LogP contribution in [0.2, 0.25) is 0 Å². The average molecular weight is 185 g/mol. The van der Waals surface area contributed by atoms with E-state index in [4.69, 9.17) is 11.1 Å². The second-order valence-electron chi connectivity index (χ2n) is 3.86. The lowest BCUT2D eigenvalue weighted by molar-refractivity contribution is 0.0388. The highest BCUT2D eigenvalue weighted by atomic mass is 16.3. The van der Waals surface area contributed by atoms with Crippen LogP contribution in [0.25, 0.3) is 0 Å². The van der Waals surface area contributed by atoms with E-state index >= 15 is 0 Å². The van der Waals surface area contributed by atoms with Crippen molar-refractivity contribution in [2.45, 2.75) is 37.8 Å². The van der Waals surface area contributed by atoms with Crippen LogP contribution in [0.3, 0.4) is 0 Å². The number of nitrogens with zero attached hydrogens (tertiary/aromatic N) is 1. The lowest BCUT2D eigenvalue weighted by Crippen LogP contribution is -2.46. The molecule has 0 heterocycles. The topological polar surface area (TPSA) is 73.3 Å². The molecule has 1 aliphatic carbocycles. The monoisotopic (exact) mass is 185 g/mol. The van der Waals surface area contributed by atoms with E-state index in [9.17, 15) is 5.11 Å². The summed E-state index contributed by atoms with van der Waals surface area (Å²) in [5.41, 5.74) is 5.31. The maximum Gasteiger partial charge on any atom is 0.105 e. The lowest BCUT2D eigenvalue weighted by Gasteiger charge is -2.34. The van der Waals surface area contributed by atoms with E-state index in [1.165, 1.54) is 6.42 Å². The third-order valence-corrected chi connectivity index (χ3v) is 2.68. The zero-order valence-electron chi connectivity index (χ0n) is 8.16. The van der Waals surface area contributed by atoms with Gasteiger partial charge in [0.2, 0.25) is 0 Å². The number of hydrogen-bond acceptors (Lipinski definition) is 3. The predicted octanol–water partition coefficient (Wildman–Crippen LogP) is 0.158. The van der Waals surface area contributed by atoms with Crippen molar-refractivity contribution in [3.05, 3.63) is 0 Å². The van der Waals surface area contributed by atoms with Crippen LogP contribution in [-0.2, 0) is 0 Å². The van der Waals surface area contributed by atoms with E-state index in [2.05, 4.69) is 0 Å². The fraction of sp³-hybridized carbons (Fsp3) is 0.889. The second kappa shape index (κ2) is 4.58. The summed E-state index contributed by atoms with van der Waals surface area (Å²) < 4.78 is 0. The van der Waals surface area contributed by atoms with Crippen LogP contribution in [0.1, 0.15) is 25.7 Å². The Hall–Kier alpha value is -0.610. The zero-order chi connectivity index (χ0) is 9.84. The normalized spacial score (nSPS) is 29.2. The molecule has 0 saturated heterocycles. The van der Waals surface area contributed by atoms with Crippen molar-refractivity contribution in [3.63, 3.8) is 0 Å². The summed E-state index contributed by atoms with van der Waals surface area (Å²) in [6.45, 7) is 0.460. The molecule has 2 unspecified atom stereocenters. The fourth-order valence-corrected chi connectivity index (χ4v) is 1.99. The third-order valence-electron chi connectivity index (χ3n) is 2.68. The van der Waals surface area contributed by atoms with E-state index in [-0.39, 0.29) is 18.0 Å². The van der Waals surface area contributed by atoms with Gasteiger partial charge in [-0.3, -0.25) is 10.3 Å². The van der Waals surface area contributed by atoms with Gasteiger partial charge in [0.25, 0.3) is 0 Å². The number of likely N-dealkylation sites (N-methyl/N-ethyl adjacent to an activating group) is 1. The molecule has 0 aromatic rings. The minimum Gasteiger partial charge on any atom is -0.391 e. The quantitative estimate of drug-likeness (QED) is 0.433. The molecule has 0 bridgehead atoms. The van der Waals surface area contributed by atoms with Crippen molar-refractivity contribution in [2.75, 3.05) is 13.6 Å². The lowest BCUT2D eigenvalue weighted by atomic mass is 9.91. The number of nitrogens with one attached hydrogen (secondary N) is 1. The summed E-state index contributed by atoms with van der Waals surface area (Å²) in [6, 6.07) is 0.192. The Labute approximate surface area is 79.2 Å². The molecule has 1 saturated carbocycles. The Morgan fingerprint density at radius 3 is 2.69 bits per heavy atom. The Balaban J connectivity index is 2.43. The van der Waals surface area contributed by atoms with E-state index in [1.807, 2.05) is 11.9 Å². The first kappa shape index (κ1) is 10.5. The van der Waals surface area contributed by atoms with E-state index in [0.29, 0.717) is 6.54 Å². The fourth-order valence-electron chi connectivity index (χ4n) is 1.99. The molecule has 1 aliphatic rings. The maximum absolute atomic E-state index is 9.70. The standard InChI is InChI=1S/C9H19N3O/c1-12(6-9(10)11)7-4-2-3-5-8(7)13/h7-8,13H,2-6H2,1H3,(H3,10,11). The van der Waals surface area contributed by atoms with Crippen LogP contribution < -0.4 is 5.73 Å². The highest BCUT2D eigenvalue weighted by Crippen LogP contribution is 2.21. The van der Waals surface area contributed by atoms with Crippen molar-refractivity contribution in [1.82, 2.24) is 4.90 Å². The number of amidine groups is 1. The van der Waals surface area contributed by atoms with Gasteiger partial charge in [-0.2, -0.15) is 0 Å². The SMILES string of the molecule is CN(CC(=N)N)C1CCCCC1O. The smallest absolute Gasteiger partial charge is 0.105 e. The molecule has 0 amide bonds. The molecule has 1 fully saturated rings.